The number of thioether (sulfide) groups is 1. The average Bonchev–Trinajstić information content (AvgIpc) is 3.34. The van der Waals surface area contributed by atoms with Crippen LogP contribution < -0.4 is 0 Å². The fourth-order valence-corrected chi connectivity index (χ4v) is 5.73. The minimum atomic E-state index is -0.531. The molecule has 1 aliphatic heterocycles. The van der Waals surface area contributed by atoms with E-state index in [-0.39, 0.29) is 17.7 Å². The number of fused-ring (bicyclic) bond motifs is 1. The summed E-state index contributed by atoms with van der Waals surface area (Å²) in [6.45, 7) is 8.04. The molecule has 3 heterocycles. The van der Waals surface area contributed by atoms with Crippen LogP contribution in [0.3, 0.4) is 0 Å². The number of aliphatic hydroxyl groups is 1. The number of imidazole rings is 1. The molecule has 1 saturated heterocycles. The quantitative estimate of drug-likeness (QED) is 0.186. The van der Waals surface area contributed by atoms with E-state index in [1.807, 2.05) is 4.57 Å². The number of piperazine rings is 1. The number of benzene rings is 2. The third-order valence-electron chi connectivity index (χ3n) is 6.72. The van der Waals surface area contributed by atoms with Gasteiger partial charge in [-0.3, -0.25) is 9.80 Å². The molecule has 0 radical (unpaired) electrons. The first kappa shape index (κ1) is 26.4. The third kappa shape index (κ3) is 6.10. The summed E-state index contributed by atoms with van der Waals surface area (Å²) >= 11 is 1.48. The first-order chi connectivity index (χ1) is 18.5. The van der Waals surface area contributed by atoms with Gasteiger partial charge in [0.25, 0.3) is 0 Å². The van der Waals surface area contributed by atoms with Gasteiger partial charge in [0.1, 0.15) is 28.5 Å². The second kappa shape index (κ2) is 12.1. The minimum absolute atomic E-state index is 0.0973. The van der Waals surface area contributed by atoms with E-state index < -0.39 is 6.10 Å². The minimum Gasteiger partial charge on any atom is -0.391 e. The van der Waals surface area contributed by atoms with Crippen molar-refractivity contribution in [2.24, 2.45) is 0 Å². The van der Waals surface area contributed by atoms with Crippen LogP contribution in [0, 0.1) is 11.6 Å². The zero-order valence-electron chi connectivity index (χ0n) is 21.0. The molecule has 5 rings (SSSR count). The van der Waals surface area contributed by atoms with Crippen molar-refractivity contribution >= 4 is 22.9 Å². The summed E-state index contributed by atoms with van der Waals surface area (Å²) in [6, 6.07) is 12.9. The number of nitrogens with zero attached hydrogens (tertiary/aromatic N) is 6. The average molecular weight is 537 g/mol. The van der Waals surface area contributed by atoms with Crippen LogP contribution in [0.2, 0.25) is 0 Å². The summed E-state index contributed by atoms with van der Waals surface area (Å²) in [4.78, 5) is 17.7. The summed E-state index contributed by atoms with van der Waals surface area (Å²) in [5.41, 5.74) is 3.42. The lowest BCUT2D eigenvalue weighted by Crippen LogP contribution is -2.50. The van der Waals surface area contributed by atoms with Crippen LogP contribution in [0.5, 0.6) is 0 Å². The Hall–Kier alpha value is -3.18. The third-order valence-corrected chi connectivity index (χ3v) is 7.84. The Kier molecular flexibility index (Phi) is 8.43. The predicted molar refractivity (Wildman–Crippen MR) is 145 cm³/mol. The predicted octanol–water partition coefficient (Wildman–Crippen LogP) is 4.15. The molecule has 4 aromatic rings. The fourth-order valence-electron chi connectivity index (χ4n) is 4.87. The van der Waals surface area contributed by atoms with Crippen LogP contribution in [0.15, 0.2) is 78.9 Å². The van der Waals surface area contributed by atoms with Crippen molar-refractivity contribution in [2.75, 3.05) is 38.5 Å². The molecule has 1 atom stereocenters. The Morgan fingerprint density at radius 3 is 2.16 bits per heavy atom. The van der Waals surface area contributed by atoms with E-state index in [0.717, 1.165) is 53.5 Å². The van der Waals surface area contributed by atoms with E-state index in [1.165, 1.54) is 42.4 Å². The number of allylic oxidation sites excluding steroid dienone is 1. The smallest absolute Gasteiger partial charge is 0.164 e. The van der Waals surface area contributed by atoms with E-state index in [4.69, 9.17) is 0 Å². The van der Waals surface area contributed by atoms with Crippen molar-refractivity contribution in [1.29, 1.82) is 0 Å². The lowest BCUT2D eigenvalue weighted by molar-refractivity contribution is 0.0708. The molecule has 0 bridgehead atoms. The van der Waals surface area contributed by atoms with E-state index in [9.17, 15) is 13.9 Å². The van der Waals surface area contributed by atoms with Gasteiger partial charge in [0.15, 0.2) is 5.65 Å². The van der Waals surface area contributed by atoms with Crippen LogP contribution in [0.1, 0.15) is 17.2 Å². The molecular weight excluding hydrogens is 506 g/mol. The van der Waals surface area contributed by atoms with E-state index in [2.05, 4.69) is 31.3 Å². The van der Waals surface area contributed by atoms with Gasteiger partial charge in [0, 0.05) is 45.0 Å². The summed E-state index contributed by atoms with van der Waals surface area (Å²) < 4.78 is 29.1. The molecule has 7 nitrogen and oxygen atoms in total. The van der Waals surface area contributed by atoms with Gasteiger partial charge < -0.3 is 9.67 Å². The Bertz CT molecular complexity index is 1310. The summed E-state index contributed by atoms with van der Waals surface area (Å²) in [7, 11) is 0. The fraction of sp³-hybridized carbons (Fsp3) is 0.321. The van der Waals surface area contributed by atoms with E-state index in [0.29, 0.717) is 18.8 Å². The lowest BCUT2D eigenvalue weighted by Gasteiger charge is -2.40. The van der Waals surface area contributed by atoms with Crippen molar-refractivity contribution in [3.8, 4) is 0 Å². The first-order valence-corrected chi connectivity index (χ1v) is 13.6. The zero-order valence-corrected chi connectivity index (χ0v) is 21.8. The van der Waals surface area contributed by atoms with E-state index in [1.54, 1.807) is 36.7 Å². The summed E-state index contributed by atoms with van der Waals surface area (Å²) in [6.07, 6.45) is 4.51. The molecule has 0 aliphatic carbocycles. The maximum atomic E-state index is 13.6. The number of aliphatic hydroxyl groups excluding tert-OH is 1. The Morgan fingerprint density at radius 2 is 1.55 bits per heavy atom. The maximum absolute atomic E-state index is 13.6. The van der Waals surface area contributed by atoms with Gasteiger partial charge in [-0.25, -0.2) is 23.7 Å². The van der Waals surface area contributed by atoms with Crippen molar-refractivity contribution in [3.63, 3.8) is 0 Å². The van der Waals surface area contributed by atoms with Gasteiger partial charge in [-0.15, -0.1) is 18.3 Å². The largest absolute Gasteiger partial charge is 0.391 e. The zero-order chi connectivity index (χ0) is 26.5. The van der Waals surface area contributed by atoms with Gasteiger partial charge in [-0.2, -0.15) is 0 Å². The highest BCUT2D eigenvalue weighted by Crippen LogP contribution is 2.30. The number of hydrogen-bond acceptors (Lipinski definition) is 7. The van der Waals surface area contributed by atoms with Crippen molar-refractivity contribution in [2.45, 2.75) is 23.7 Å². The van der Waals surface area contributed by atoms with Gasteiger partial charge in [0.05, 0.1) is 18.5 Å². The highest BCUT2D eigenvalue weighted by atomic mass is 32.2. The lowest BCUT2D eigenvalue weighted by atomic mass is 9.96. The summed E-state index contributed by atoms with van der Waals surface area (Å²) in [5.74, 6) is -0.0683. The molecule has 2 aromatic carbocycles. The first-order valence-electron chi connectivity index (χ1n) is 12.6. The molecule has 0 spiro atoms. The SMILES string of the molecule is C=CCn1cnc2c(SCC(O)CN3CCN(C(c4ccc(F)cc4)c4ccc(F)cc4)CC3)ncnc21. The molecule has 2 aromatic heterocycles. The van der Waals surface area contributed by atoms with Crippen LogP contribution in [-0.2, 0) is 6.54 Å². The number of rotatable bonds is 10. The van der Waals surface area contributed by atoms with Crippen LogP contribution in [0.4, 0.5) is 8.78 Å². The molecule has 1 fully saturated rings. The molecule has 10 heteroatoms. The molecule has 198 valence electrons. The Balaban J connectivity index is 1.19. The van der Waals surface area contributed by atoms with Crippen molar-refractivity contribution < 1.29 is 13.9 Å². The van der Waals surface area contributed by atoms with Crippen molar-refractivity contribution in [3.05, 3.63) is 96.6 Å². The Morgan fingerprint density at radius 1 is 0.921 bits per heavy atom. The van der Waals surface area contributed by atoms with Gasteiger partial charge in [-0.1, -0.05) is 30.3 Å². The Labute approximate surface area is 224 Å². The van der Waals surface area contributed by atoms with Gasteiger partial charge >= 0.3 is 0 Å². The topological polar surface area (TPSA) is 70.3 Å². The van der Waals surface area contributed by atoms with Crippen molar-refractivity contribution in [1.82, 2.24) is 29.3 Å². The molecule has 1 aliphatic rings. The number of β-amino-alcohol motifs (C(OH)–C–C–N with tert-alkyl or cyclic N) is 1. The molecule has 38 heavy (non-hydrogen) atoms. The highest BCUT2D eigenvalue weighted by Gasteiger charge is 2.27. The normalized spacial score (nSPS) is 15.8. The number of hydrogen-bond donors (Lipinski definition) is 1. The molecule has 0 saturated carbocycles. The maximum Gasteiger partial charge on any atom is 0.164 e. The molecule has 1 N–H and O–H groups in total. The van der Waals surface area contributed by atoms with Gasteiger partial charge in [0.2, 0.25) is 0 Å². The van der Waals surface area contributed by atoms with Crippen LogP contribution in [-0.4, -0.2) is 79.0 Å². The van der Waals surface area contributed by atoms with E-state index >= 15 is 0 Å². The molecule has 0 amide bonds. The van der Waals surface area contributed by atoms with Crippen LogP contribution in [0.25, 0.3) is 11.2 Å². The van der Waals surface area contributed by atoms with Gasteiger partial charge in [-0.05, 0) is 35.4 Å². The monoisotopic (exact) mass is 536 g/mol. The van der Waals surface area contributed by atoms with Crippen LogP contribution >= 0.6 is 11.8 Å². The number of aromatic nitrogens is 4. The highest BCUT2D eigenvalue weighted by molar-refractivity contribution is 7.99. The number of halogens is 2. The molecule has 1 unspecified atom stereocenters. The molecular formula is C28H30F2N6OS. The summed E-state index contributed by atoms with van der Waals surface area (Å²) in [5, 5.41) is 11.5. The second-order valence-electron chi connectivity index (χ2n) is 9.34. The standard InChI is InChI=1S/C28H30F2N6OS/c1-2-11-36-19-33-25-27(36)31-18-32-28(25)38-17-24(37)16-34-12-14-35(15-13-34)26(20-3-7-22(29)8-4-20)21-5-9-23(30)10-6-21/h2-10,18-19,24,26,37H,1,11-17H2. The second-order valence-corrected chi connectivity index (χ2v) is 10.4.